The summed E-state index contributed by atoms with van der Waals surface area (Å²) in [6.45, 7) is 5.97. The van der Waals surface area contributed by atoms with Gasteiger partial charge in [-0.2, -0.15) is 4.31 Å². The molecule has 0 aliphatic carbocycles. The van der Waals surface area contributed by atoms with E-state index in [0.717, 1.165) is 5.56 Å². The van der Waals surface area contributed by atoms with E-state index in [1.54, 1.807) is 36.9 Å². The van der Waals surface area contributed by atoms with Crippen molar-refractivity contribution in [1.82, 2.24) is 14.4 Å². The molecule has 0 bridgehead atoms. The van der Waals surface area contributed by atoms with Crippen molar-refractivity contribution in [2.75, 3.05) is 31.5 Å². The first-order valence-corrected chi connectivity index (χ1v) is 10.3. The number of hydrogen-bond donors (Lipinski definition) is 1. The number of nitrogens with one attached hydrogen (secondary N) is 1. The standard InChI is InChI=1S/C17H21ClN4O4S/c1-11-14(18)5-4-6-15(11)19-17(23)21-7-9-22(10-8-21)27(24,25)16-12(2)20-26-13(16)3/h4-6H,7-10H2,1-3H3,(H,19,23). The van der Waals surface area contributed by atoms with Crippen molar-refractivity contribution >= 4 is 33.3 Å². The van der Waals surface area contributed by atoms with Crippen LogP contribution in [0.3, 0.4) is 0 Å². The van der Waals surface area contributed by atoms with Gasteiger partial charge < -0.3 is 14.7 Å². The maximum atomic E-state index is 12.8. The van der Waals surface area contributed by atoms with Crippen molar-refractivity contribution in [1.29, 1.82) is 0 Å². The minimum absolute atomic E-state index is 0.106. The lowest BCUT2D eigenvalue weighted by Gasteiger charge is -2.34. The molecule has 0 atom stereocenters. The molecule has 8 nitrogen and oxygen atoms in total. The fourth-order valence-corrected chi connectivity index (χ4v) is 4.93. The van der Waals surface area contributed by atoms with E-state index in [0.29, 0.717) is 16.4 Å². The average molecular weight is 413 g/mol. The van der Waals surface area contributed by atoms with Crippen LogP contribution in [0.15, 0.2) is 27.6 Å². The van der Waals surface area contributed by atoms with E-state index in [9.17, 15) is 13.2 Å². The first-order valence-electron chi connectivity index (χ1n) is 8.46. The minimum atomic E-state index is -3.70. The van der Waals surface area contributed by atoms with Crippen LogP contribution in [-0.4, -0.2) is 55.0 Å². The molecule has 1 saturated heterocycles. The first kappa shape index (κ1) is 19.7. The monoisotopic (exact) mass is 412 g/mol. The number of carbonyl (C=O) groups is 1. The van der Waals surface area contributed by atoms with Gasteiger partial charge in [-0.1, -0.05) is 22.8 Å². The minimum Gasteiger partial charge on any atom is -0.360 e. The molecular weight excluding hydrogens is 392 g/mol. The van der Waals surface area contributed by atoms with Crippen LogP contribution in [0.2, 0.25) is 5.02 Å². The number of aryl methyl sites for hydroxylation is 2. The van der Waals surface area contributed by atoms with Crippen LogP contribution in [0.5, 0.6) is 0 Å². The third kappa shape index (κ3) is 3.80. The number of urea groups is 1. The second-order valence-corrected chi connectivity index (χ2v) is 8.67. The van der Waals surface area contributed by atoms with Gasteiger partial charge >= 0.3 is 6.03 Å². The molecule has 1 N–H and O–H groups in total. The Labute approximate surface area is 163 Å². The van der Waals surface area contributed by atoms with E-state index in [-0.39, 0.29) is 42.9 Å². The molecule has 2 heterocycles. The van der Waals surface area contributed by atoms with Crippen molar-refractivity contribution in [2.45, 2.75) is 25.7 Å². The average Bonchev–Trinajstić information content (AvgIpc) is 2.98. The van der Waals surface area contributed by atoms with Gasteiger partial charge in [-0.25, -0.2) is 13.2 Å². The molecule has 1 aliphatic rings. The van der Waals surface area contributed by atoms with Gasteiger partial charge in [-0.05, 0) is 38.5 Å². The van der Waals surface area contributed by atoms with E-state index in [1.165, 1.54) is 4.31 Å². The number of piperazine rings is 1. The zero-order valence-corrected chi connectivity index (χ0v) is 16.9. The molecule has 1 aliphatic heterocycles. The van der Waals surface area contributed by atoms with Crippen molar-refractivity contribution in [2.24, 2.45) is 0 Å². The normalized spacial score (nSPS) is 15.8. The van der Waals surface area contributed by atoms with Crippen LogP contribution in [0.1, 0.15) is 17.0 Å². The van der Waals surface area contributed by atoms with Gasteiger partial charge in [0.1, 0.15) is 10.6 Å². The highest BCUT2D eigenvalue weighted by atomic mass is 35.5. The van der Waals surface area contributed by atoms with Crippen LogP contribution < -0.4 is 5.32 Å². The Morgan fingerprint density at radius 3 is 2.44 bits per heavy atom. The first-order chi connectivity index (χ1) is 12.7. The second-order valence-electron chi connectivity index (χ2n) is 6.39. The molecule has 1 aromatic heterocycles. The summed E-state index contributed by atoms with van der Waals surface area (Å²) >= 11 is 6.08. The van der Waals surface area contributed by atoms with Crippen LogP contribution in [0, 0.1) is 20.8 Å². The summed E-state index contributed by atoms with van der Waals surface area (Å²) in [6.07, 6.45) is 0. The lowest BCUT2D eigenvalue weighted by Crippen LogP contribution is -2.51. The van der Waals surface area contributed by atoms with Crippen molar-refractivity contribution < 1.29 is 17.7 Å². The highest BCUT2D eigenvalue weighted by molar-refractivity contribution is 7.89. The summed E-state index contributed by atoms with van der Waals surface area (Å²) in [5.41, 5.74) is 1.76. The molecule has 10 heteroatoms. The molecule has 2 aromatic rings. The smallest absolute Gasteiger partial charge is 0.321 e. The molecule has 1 fully saturated rings. The van der Waals surface area contributed by atoms with E-state index >= 15 is 0 Å². The van der Waals surface area contributed by atoms with Crippen molar-refractivity contribution in [3.05, 3.63) is 40.2 Å². The molecule has 0 radical (unpaired) electrons. The third-order valence-corrected chi connectivity index (χ3v) is 7.15. The van der Waals surface area contributed by atoms with Crippen molar-refractivity contribution in [3.63, 3.8) is 0 Å². The number of aromatic nitrogens is 1. The second kappa shape index (κ2) is 7.49. The molecule has 0 saturated carbocycles. The van der Waals surface area contributed by atoms with Gasteiger partial charge in [-0.3, -0.25) is 0 Å². The molecule has 0 spiro atoms. The Morgan fingerprint density at radius 2 is 1.85 bits per heavy atom. The number of anilines is 1. The number of nitrogens with zero attached hydrogens (tertiary/aromatic N) is 3. The predicted molar refractivity (Wildman–Crippen MR) is 102 cm³/mol. The summed E-state index contributed by atoms with van der Waals surface area (Å²) in [5, 5.41) is 7.12. The number of carbonyl (C=O) groups excluding carboxylic acids is 1. The third-order valence-electron chi connectivity index (χ3n) is 4.60. The molecule has 3 rings (SSSR count). The van der Waals surface area contributed by atoms with Crippen LogP contribution in [-0.2, 0) is 10.0 Å². The Bertz CT molecular complexity index is 946. The summed E-state index contributed by atoms with van der Waals surface area (Å²) in [4.78, 5) is 14.2. The molecule has 146 valence electrons. The van der Waals surface area contributed by atoms with Crippen molar-refractivity contribution in [3.8, 4) is 0 Å². The van der Waals surface area contributed by atoms with Gasteiger partial charge in [-0.15, -0.1) is 0 Å². The fourth-order valence-electron chi connectivity index (χ4n) is 3.04. The quantitative estimate of drug-likeness (QED) is 0.836. The van der Waals surface area contributed by atoms with Gasteiger partial charge in [0.05, 0.1) is 0 Å². The summed E-state index contributed by atoms with van der Waals surface area (Å²) in [7, 11) is -3.70. The SMILES string of the molecule is Cc1noc(C)c1S(=O)(=O)N1CCN(C(=O)Nc2cccc(Cl)c2C)CC1. The summed E-state index contributed by atoms with van der Waals surface area (Å²) in [5.74, 6) is 0.268. The number of hydrogen-bond acceptors (Lipinski definition) is 5. The number of sulfonamides is 1. The number of amides is 2. The maximum absolute atomic E-state index is 12.8. The van der Waals surface area contributed by atoms with E-state index < -0.39 is 10.0 Å². The zero-order valence-electron chi connectivity index (χ0n) is 15.3. The van der Waals surface area contributed by atoms with Crippen LogP contribution in [0.4, 0.5) is 10.5 Å². The Balaban J connectivity index is 1.66. The summed E-state index contributed by atoms with van der Waals surface area (Å²) in [6, 6.07) is 5.01. The molecule has 27 heavy (non-hydrogen) atoms. The van der Waals surface area contributed by atoms with Gasteiger partial charge in [0.25, 0.3) is 0 Å². The fraction of sp³-hybridized carbons (Fsp3) is 0.412. The molecule has 1 aromatic carbocycles. The van der Waals surface area contributed by atoms with E-state index in [1.807, 2.05) is 6.92 Å². The predicted octanol–water partition coefficient (Wildman–Crippen LogP) is 2.79. The molecule has 0 unspecified atom stereocenters. The highest BCUT2D eigenvalue weighted by Gasteiger charge is 2.34. The van der Waals surface area contributed by atoms with Crippen LogP contribution in [0.25, 0.3) is 0 Å². The number of halogens is 1. The van der Waals surface area contributed by atoms with E-state index in [2.05, 4.69) is 10.5 Å². The largest absolute Gasteiger partial charge is 0.360 e. The zero-order chi connectivity index (χ0) is 19.8. The van der Waals surface area contributed by atoms with Gasteiger partial charge in [0.15, 0.2) is 5.76 Å². The lowest BCUT2D eigenvalue weighted by molar-refractivity contribution is 0.184. The Kier molecular flexibility index (Phi) is 5.45. The number of rotatable bonds is 3. The lowest BCUT2D eigenvalue weighted by atomic mass is 10.2. The Hall–Kier alpha value is -2.10. The molecular formula is C17H21ClN4O4S. The maximum Gasteiger partial charge on any atom is 0.321 e. The van der Waals surface area contributed by atoms with E-state index in [4.69, 9.17) is 16.1 Å². The topological polar surface area (TPSA) is 95.8 Å². The summed E-state index contributed by atoms with van der Waals surface area (Å²) < 4.78 is 32.0. The highest BCUT2D eigenvalue weighted by Crippen LogP contribution is 2.25. The Morgan fingerprint density at radius 1 is 1.19 bits per heavy atom. The van der Waals surface area contributed by atoms with Gasteiger partial charge in [0, 0.05) is 36.9 Å². The van der Waals surface area contributed by atoms with Gasteiger partial charge in [0.2, 0.25) is 10.0 Å². The van der Waals surface area contributed by atoms with Crippen LogP contribution >= 0.6 is 11.6 Å². The number of benzene rings is 1. The molecule has 2 amide bonds.